The average Bonchev–Trinajstić information content (AvgIpc) is 2.36. The molecule has 1 aromatic carbocycles. The molecule has 0 atom stereocenters. The first-order valence-electron chi connectivity index (χ1n) is 5.86. The highest BCUT2D eigenvalue weighted by Gasteiger charge is 1.98. The summed E-state index contributed by atoms with van der Waals surface area (Å²) >= 11 is 0. The van der Waals surface area contributed by atoms with Crippen LogP contribution in [0.4, 0.5) is 0 Å². The van der Waals surface area contributed by atoms with Crippen molar-refractivity contribution in [2.75, 3.05) is 26.7 Å². The lowest BCUT2D eigenvalue weighted by molar-refractivity contribution is -0.120. The van der Waals surface area contributed by atoms with Gasteiger partial charge in [0, 0.05) is 6.54 Å². The number of likely N-dealkylation sites (N-methyl/N-ethyl adjacent to an activating group) is 1. The maximum atomic E-state index is 11.1. The van der Waals surface area contributed by atoms with Crippen LogP contribution < -0.4 is 15.4 Å². The van der Waals surface area contributed by atoms with Gasteiger partial charge in [0.15, 0.2) is 0 Å². The number of amides is 1. The van der Waals surface area contributed by atoms with Crippen LogP contribution in [0.15, 0.2) is 24.3 Å². The van der Waals surface area contributed by atoms with Crippen molar-refractivity contribution < 1.29 is 9.53 Å². The van der Waals surface area contributed by atoms with Crippen LogP contribution in [0.3, 0.4) is 0 Å². The van der Waals surface area contributed by atoms with E-state index in [0.29, 0.717) is 13.1 Å². The molecule has 0 saturated heterocycles. The summed E-state index contributed by atoms with van der Waals surface area (Å²) in [6.07, 6.45) is 0.906. The summed E-state index contributed by atoms with van der Waals surface area (Å²) in [5, 5.41) is 5.85. The largest absolute Gasteiger partial charge is 0.497 e. The number of benzene rings is 1. The number of methoxy groups -OCH3 is 1. The monoisotopic (exact) mass is 236 g/mol. The molecule has 0 heterocycles. The van der Waals surface area contributed by atoms with E-state index in [1.54, 1.807) is 7.11 Å². The second kappa shape index (κ2) is 7.68. The molecule has 4 nitrogen and oxygen atoms in total. The molecule has 1 aromatic rings. The van der Waals surface area contributed by atoms with Gasteiger partial charge in [0.1, 0.15) is 5.75 Å². The van der Waals surface area contributed by atoms with E-state index in [1.165, 1.54) is 5.56 Å². The van der Waals surface area contributed by atoms with Crippen LogP contribution in [0.5, 0.6) is 5.75 Å². The second-order valence-electron chi connectivity index (χ2n) is 3.73. The number of hydrogen-bond acceptors (Lipinski definition) is 3. The van der Waals surface area contributed by atoms with Gasteiger partial charge in [-0.15, -0.1) is 0 Å². The van der Waals surface area contributed by atoms with E-state index in [1.807, 2.05) is 31.2 Å². The fraction of sp³-hybridized carbons (Fsp3) is 0.462. The predicted octanol–water partition coefficient (Wildman–Crippen LogP) is 0.963. The van der Waals surface area contributed by atoms with Crippen molar-refractivity contribution in [2.24, 2.45) is 0 Å². The quantitative estimate of drug-likeness (QED) is 0.693. The third kappa shape index (κ3) is 5.36. The Morgan fingerprint density at radius 2 is 2.00 bits per heavy atom. The topological polar surface area (TPSA) is 50.4 Å². The highest BCUT2D eigenvalue weighted by molar-refractivity contribution is 5.77. The van der Waals surface area contributed by atoms with Gasteiger partial charge in [-0.3, -0.25) is 4.79 Å². The van der Waals surface area contributed by atoms with Crippen LogP contribution in [0.1, 0.15) is 12.5 Å². The van der Waals surface area contributed by atoms with Crippen LogP contribution in [0, 0.1) is 0 Å². The molecule has 0 aliphatic rings. The fourth-order valence-electron chi connectivity index (χ4n) is 1.49. The average molecular weight is 236 g/mol. The first-order chi connectivity index (χ1) is 8.26. The molecule has 1 amide bonds. The predicted molar refractivity (Wildman–Crippen MR) is 68.3 cm³/mol. The number of hydrogen-bond donors (Lipinski definition) is 2. The van der Waals surface area contributed by atoms with Gasteiger partial charge >= 0.3 is 0 Å². The number of rotatable bonds is 7. The van der Waals surface area contributed by atoms with Crippen molar-refractivity contribution in [3.63, 3.8) is 0 Å². The third-order valence-corrected chi connectivity index (χ3v) is 2.41. The summed E-state index contributed by atoms with van der Waals surface area (Å²) < 4.78 is 5.08. The normalized spacial score (nSPS) is 10.0. The first kappa shape index (κ1) is 13.5. The van der Waals surface area contributed by atoms with Crippen LogP contribution in [0.2, 0.25) is 0 Å². The summed E-state index contributed by atoms with van der Waals surface area (Å²) in [5.74, 6) is 0.909. The molecule has 0 saturated carbocycles. The molecule has 0 spiro atoms. The minimum Gasteiger partial charge on any atom is -0.497 e. The van der Waals surface area contributed by atoms with Gasteiger partial charge in [0.2, 0.25) is 5.91 Å². The van der Waals surface area contributed by atoms with E-state index in [0.717, 1.165) is 18.7 Å². The Balaban J connectivity index is 2.19. The van der Waals surface area contributed by atoms with E-state index in [9.17, 15) is 4.79 Å². The standard InChI is InChI=1S/C13H20N2O2/c1-3-15-13(16)10-14-9-8-11-4-6-12(17-2)7-5-11/h4-7,14H,3,8-10H2,1-2H3,(H,15,16). The highest BCUT2D eigenvalue weighted by atomic mass is 16.5. The van der Waals surface area contributed by atoms with E-state index < -0.39 is 0 Å². The molecule has 1 rings (SSSR count). The van der Waals surface area contributed by atoms with Crippen LogP contribution >= 0.6 is 0 Å². The lowest BCUT2D eigenvalue weighted by Gasteiger charge is -2.06. The number of ether oxygens (including phenoxy) is 1. The Hall–Kier alpha value is -1.55. The van der Waals surface area contributed by atoms with Crippen molar-refractivity contribution in [3.8, 4) is 5.75 Å². The summed E-state index contributed by atoms with van der Waals surface area (Å²) in [6.45, 7) is 3.77. The molecule has 0 aromatic heterocycles. The third-order valence-electron chi connectivity index (χ3n) is 2.41. The Kier molecular flexibility index (Phi) is 6.10. The summed E-state index contributed by atoms with van der Waals surface area (Å²) in [6, 6.07) is 7.96. The smallest absolute Gasteiger partial charge is 0.233 e. The van der Waals surface area contributed by atoms with Gasteiger partial charge in [0.25, 0.3) is 0 Å². The molecular formula is C13H20N2O2. The highest BCUT2D eigenvalue weighted by Crippen LogP contribution is 2.11. The zero-order chi connectivity index (χ0) is 12.5. The Bertz CT molecular complexity index is 336. The molecule has 4 heteroatoms. The summed E-state index contributed by atoms with van der Waals surface area (Å²) in [5.41, 5.74) is 1.23. The maximum Gasteiger partial charge on any atom is 0.233 e. The zero-order valence-electron chi connectivity index (χ0n) is 10.5. The SMILES string of the molecule is CCNC(=O)CNCCc1ccc(OC)cc1. The molecule has 0 bridgehead atoms. The molecule has 0 radical (unpaired) electrons. The van der Waals surface area contributed by atoms with E-state index in [4.69, 9.17) is 4.74 Å². The van der Waals surface area contributed by atoms with Crippen molar-refractivity contribution >= 4 is 5.91 Å². The van der Waals surface area contributed by atoms with Gasteiger partial charge in [0.05, 0.1) is 13.7 Å². The van der Waals surface area contributed by atoms with E-state index in [2.05, 4.69) is 10.6 Å². The molecule has 0 unspecified atom stereocenters. The van der Waals surface area contributed by atoms with Gasteiger partial charge in [-0.25, -0.2) is 0 Å². The van der Waals surface area contributed by atoms with Crippen LogP contribution in [-0.4, -0.2) is 32.7 Å². The van der Waals surface area contributed by atoms with E-state index in [-0.39, 0.29) is 5.91 Å². The summed E-state index contributed by atoms with van der Waals surface area (Å²) in [4.78, 5) is 11.1. The lowest BCUT2D eigenvalue weighted by atomic mass is 10.1. The van der Waals surface area contributed by atoms with Crippen molar-refractivity contribution in [1.82, 2.24) is 10.6 Å². The maximum absolute atomic E-state index is 11.1. The van der Waals surface area contributed by atoms with Crippen molar-refractivity contribution in [2.45, 2.75) is 13.3 Å². The van der Waals surface area contributed by atoms with Crippen molar-refractivity contribution in [3.05, 3.63) is 29.8 Å². The van der Waals surface area contributed by atoms with E-state index >= 15 is 0 Å². The molecule has 0 aliphatic carbocycles. The van der Waals surface area contributed by atoms with Gasteiger partial charge in [-0.05, 0) is 37.6 Å². The lowest BCUT2D eigenvalue weighted by Crippen LogP contribution is -2.34. The zero-order valence-corrected chi connectivity index (χ0v) is 10.5. The first-order valence-corrected chi connectivity index (χ1v) is 5.86. The van der Waals surface area contributed by atoms with Crippen LogP contribution in [-0.2, 0) is 11.2 Å². The molecule has 17 heavy (non-hydrogen) atoms. The molecular weight excluding hydrogens is 216 g/mol. The Labute approximate surface area is 102 Å². The number of carbonyl (C=O) groups is 1. The summed E-state index contributed by atoms with van der Waals surface area (Å²) in [7, 11) is 1.66. The second-order valence-corrected chi connectivity index (χ2v) is 3.73. The number of nitrogens with one attached hydrogen (secondary N) is 2. The fourth-order valence-corrected chi connectivity index (χ4v) is 1.49. The molecule has 94 valence electrons. The van der Waals surface area contributed by atoms with Crippen LogP contribution in [0.25, 0.3) is 0 Å². The molecule has 0 aliphatic heterocycles. The van der Waals surface area contributed by atoms with Gasteiger partial charge in [-0.1, -0.05) is 12.1 Å². The minimum atomic E-state index is 0.0437. The van der Waals surface area contributed by atoms with Gasteiger partial charge in [-0.2, -0.15) is 0 Å². The Morgan fingerprint density at radius 1 is 1.29 bits per heavy atom. The number of carbonyl (C=O) groups excluding carboxylic acids is 1. The van der Waals surface area contributed by atoms with Gasteiger partial charge < -0.3 is 15.4 Å². The minimum absolute atomic E-state index is 0.0437. The molecule has 2 N–H and O–H groups in total. The van der Waals surface area contributed by atoms with Crippen molar-refractivity contribution in [1.29, 1.82) is 0 Å². The molecule has 0 fully saturated rings. The Morgan fingerprint density at radius 3 is 2.59 bits per heavy atom.